The van der Waals surface area contributed by atoms with Gasteiger partial charge >= 0.3 is 0 Å². The molecule has 1 fully saturated rings. The van der Waals surface area contributed by atoms with E-state index in [1.807, 2.05) is 12.3 Å². The Kier molecular flexibility index (Phi) is 3.18. The first kappa shape index (κ1) is 12.9. The Morgan fingerprint density at radius 2 is 2.00 bits per heavy atom. The van der Waals surface area contributed by atoms with Crippen LogP contribution in [0.15, 0.2) is 17.1 Å². The first-order valence-corrected chi connectivity index (χ1v) is 8.04. The molecule has 0 aromatic carbocycles. The molecule has 2 aliphatic heterocycles. The maximum Gasteiger partial charge on any atom is 0.225 e. The van der Waals surface area contributed by atoms with E-state index in [2.05, 4.69) is 19.9 Å². The van der Waals surface area contributed by atoms with Crippen molar-refractivity contribution in [3.63, 3.8) is 0 Å². The molecule has 0 bridgehead atoms. The van der Waals surface area contributed by atoms with Gasteiger partial charge in [0, 0.05) is 32.3 Å². The predicted octanol–water partition coefficient (Wildman–Crippen LogP) is 2.92. The van der Waals surface area contributed by atoms with E-state index in [1.54, 1.807) is 6.07 Å². The summed E-state index contributed by atoms with van der Waals surface area (Å²) in [5.41, 5.74) is 1.51. The molecule has 0 N–H and O–H groups in total. The Labute approximate surface area is 126 Å². The van der Waals surface area contributed by atoms with Gasteiger partial charge < -0.3 is 4.90 Å². The molecule has 4 heterocycles. The van der Waals surface area contributed by atoms with Gasteiger partial charge in [0.15, 0.2) is 0 Å². The molecule has 2 aromatic rings. The Morgan fingerprint density at radius 1 is 1.14 bits per heavy atom. The summed E-state index contributed by atoms with van der Waals surface area (Å²) in [5.74, 6) is 0.305. The number of nitrogens with zero attached hydrogens (tertiary/aromatic N) is 4. The van der Waals surface area contributed by atoms with Gasteiger partial charge in [-0.15, -0.1) is 11.3 Å². The minimum atomic E-state index is -0.428. The summed E-state index contributed by atoms with van der Waals surface area (Å²) in [7, 11) is 0. The molecule has 1 saturated heterocycles. The second-order valence-electron chi connectivity index (χ2n) is 5.32. The lowest BCUT2D eigenvalue weighted by Crippen LogP contribution is -2.19. The van der Waals surface area contributed by atoms with Crippen molar-refractivity contribution in [1.29, 1.82) is 0 Å². The van der Waals surface area contributed by atoms with Crippen molar-refractivity contribution < 1.29 is 4.39 Å². The number of fused-ring (bicyclic) bond motifs is 1. The zero-order valence-corrected chi connectivity index (χ0v) is 12.4. The van der Waals surface area contributed by atoms with Gasteiger partial charge in [0.2, 0.25) is 5.95 Å². The van der Waals surface area contributed by atoms with E-state index in [9.17, 15) is 4.39 Å². The van der Waals surface area contributed by atoms with Gasteiger partial charge in [0.05, 0.1) is 16.1 Å². The lowest BCUT2D eigenvalue weighted by atomic mass is 10.2. The van der Waals surface area contributed by atoms with Crippen LogP contribution in [0.25, 0.3) is 10.6 Å². The molecule has 0 aliphatic carbocycles. The summed E-state index contributed by atoms with van der Waals surface area (Å²) in [4.78, 5) is 16.1. The highest BCUT2D eigenvalue weighted by Gasteiger charge is 2.19. The van der Waals surface area contributed by atoms with Crippen LogP contribution in [0, 0.1) is 5.95 Å². The Morgan fingerprint density at radius 3 is 2.76 bits per heavy atom. The first-order valence-electron chi connectivity index (χ1n) is 7.23. The average molecular weight is 302 g/mol. The smallest absolute Gasteiger partial charge is 0.225 e. The predicted molar refractivity (Wildman–Crippen MR) is 82.9 cm³/mol. The molecule has 0 radical (unpaired) electrons. The molecule has 0 amide bonds. The Balaban J connectivity index is 1.68. The molecule has 108 valence electrons. The highest BCUT2D eigenvalue weighted by Crippen LogP contribution is 2.31. The van der Waals surface area contributed by atoms with Crippen LogP contribution in [0.2, 0.25) is 0 Å². The van der Waals surface area contributed by atoms with E-state index in [1.165, 1.54) is 11.3 Å². The molecule has 2 aliphatic rings. The van der Waals surface area contributed by atoms with Crippen molar-refractivity contribution in [2.45, 2.75) is 19.3 Å². The molecule has 0 spiro atoms. The monoisotopic (exact) mass is 302 g/mol. The lowest BCUT2D eigenvalue weighted by Gasteiger charge is -2.16. The van der Waals surface area contributed by atoms with Gasteiger partial charge in [0.1, 0.15) is 10.8 Å². The van der Waals surface area contributed by atoms with Crippen LogP contribution in [0.3, 0.4) is 0 Å². The molecule has 4 rings (SSSR count). The molecule has 0 saturated carbocycles. The minimum absolute atomic E-state index is 0.428. The minimum Gasteiger partial charge on any atom is -0.357 e. The van der Waals surface area contributed by atoms with Crippen molar-refractivity contribution in [2.75, 3.05) is 24.5 Å². The number of aliphatic imine (C=N–C) groups is 1. The topological polar surface area (TPSA) is 41.4 Å². The van der Waals surface area contributed by atoms with Gasteiger partial charge in [-0.3, -0.25) is 4.99 Å². The van der Waals surface area contributed by atoms with Gasteiger partial charge in [0.25, 0.3) is 0 Å². The summed E-state index contributed by atoms with van der Waals surface area (Å²) in [5, 5.41) is 0.700. The number of hydrogen-bond acceptors (Lipinski definition) is 5. The molecule has 6 heteroatoms. The van der Waals surface area contributed by atoms with Crippen molar-refractivity contribution in [2.24, 2.45) is 4.99 Å². The Bertz CT molecular complexity index is 704. The largest absolute Gasteiger partial charge is 0.357 e. The van der Waals surface area contributed by atoms with Gasteiger partial charge in [-0.2, -0.15) is 4.39 Å². The van der Waals surface area contributed by atoms with Crippen molar-refractivity contribution in [1.82, 2.24) is 9.97 Å². The average Bonchev–Trinajstić information content (AvgIpc) is 3.16. The fourth-order valence-electron chi connectivity index (χ4n) is 2.78. The van der Waals surface area contributed by atoms with E-state index in [0.717, 1.165) is 55.3 Å². The fourth-order valence-corrected chi connectivity index (χ4v) is 3.80. The van der Waals surface area contributed by atoms with E-state index < -0.39 is 5.95 Å². The van der Waals surface area contributed by atoms with E-state index in [0.29, 0.717) is 10.6 Å². The molecule has 2 aromatic heterocycles. The van der Waals surface area contributed by atoms with Crippen molar-refractivity contribution >= 4 is 23.4 Å². The standard InChI is InChI=1S/C15H15FN4S/c16-14-10(3-4-13(19-14)20-7-1-2-8-20)15-18-11-5-6-17-9-12(11)21-15/h3-4,9H,1-2,5-8H2. The van der Waals surface area contributed by atoms with Crippen molar-refractivity contribution in [3.05, 3.63) is 28.7 Å². The van der Waals surface area contributed by atoms with Crippen LogP contribution in [-0.4, -0.2) is 35.8 Å². The Hall–Kier alpha value is -1.82. The highest BCUT2D eigenvalue weighted by atomic mass is 32.1. The third-order valence-corrected chi connectivity index (χ3v) is 4.97. The summed E-state index contributed by atoms with van der Waals surface area (Å²) in [6.07, 6.45) is 4.99. The van der Waals surface area contributed by atoms with Gasteiger partial charge in [-0.1, -0.05) is 0 Å². The first-order chi connectivity index (χ1) is 10.3. The van der Waals surface area contributed by atoms with Crippen LogP contribution in [0.4, 0.5) is 10.2 Å². The second-order valence-corrected chi connectivity index (χ2v) is 6.35. The molecule has 4 nitrogen and oxygen atoms in total. The number of anilines is 1. The summed E-state index contributed by atoms with van der Waals surface area (Å²) in [6, 6.07) is 3.70. The SMILES string of the molecule is Fc1nc(N2CCCC2)ccc1-c1nc2c(s1)C=NCC2. The summed E-state index contributed by atoms with van der Waals surface area (Å²) < 4.78 is 14.3. The van der Waals surface area contributed by atoms with E-state index >= 15 is 0 Å². The van der Waals surface area contributed by atoms with Gasteiger partial charge in [-0.05, 0) is 25.0 Å². The molecular weight excluding hydrogens is 287 g/mol. The summed E-state index contributed by atoms with van der Waals surface area (Å²) >= 11 is 1.49. The second kappa shape index (κ2) is 5.18. The number of hydrogen-bond donors (Lipinski definition) is 0. The van der Waals surface area contributed by atoms with Crippen LogP contribution in [-0.2, 0) is 6.42 Å². The maximum absolute atomic E-state index is 14.3. The molecule has 0 unspecified atom stereocenters. The third kappa shape index (κ3) is 2.33. The van der Waals surface area contributed by atoms with Gasteiger partial charge in [-0.25, -0.2) is 9.97 Å². The normalized spacial score (nSPS) is 17.3. The summed E-state index contributed by atoms with van der Waals surface area (Å²) in [6.45, 7) is 2.70. The third-order valence-electron chi connectivity index (χ3n) is 3.91. The van der Waals surface area contributed by atoms with Crippen LogP contribution < -0.4 is 4.90 Å². The molecule has 0 atom stereocenters. The number of halogens is 1. The zero-order valence-electron chi connectivity index (χ0n) is 11.5. The van der Waals surface area contributed by atoms with E-state index in [4.69, 9.17) is 0 Å². The molecular formula is C15H15FN4S. The van der Waals surface area contributed by atoms with Crippen LogP contribution in [0.5, 0.6) is 0 Å². The number of rotatable bonds is 2. The van der Waals surface area contributed by atoms with Crippen LogP contribution >= 0.6 is 11.3 Å². The maximum atomic E-state index is 14.3. The van der Waals surface area contributed by atoms with Crippen molar-refractivity contribution in [3.8, 4) is 10.6 Å². The highest BCUT2D eigenvalue weighted by molar-refractivity contribution is 7.16. The fraction of sp³-hybridized carbons (Fsp3) is 0.400. The molecule has 21 heavy (non-hydrogen) atoms. The number of thiazole rings is 1. The quantitative estimate of drug-likeness (QED) is 0.801. The lowest BCUT2D eigenvalue weighted by molar-refractivity contribution is 0.586. The number of pyridine rings is 1. The van der Waals surface area contributed by atoms with Crippen LogP contribution in [0.1, 0.15) is 23.4 Å². The zero-order chi connectivity index (χ0) is 14.2. The van der Waals surface area contributed by atoms with E-state index in [-0.39, 0.29) is 0 Å². The number of aromatic nitrogens is 2.